The van der Waals surface area contributed by atoms with E-state index < -0.39 is 11.9 Å². The van der Waals surface area contributed by atoms with Gasteiger partial charge in [-0.2, -0.15) is 0 Å². The highest BCUT2D eigenvalue weighted by Crippen LogP contribution is 2.23. The largest absolute Gasteiger partial charge is 0.384 e. The zero-order valence-electron chi connectivity index (χ0n) is 8.27. The molecule has 0 aliphatic heterocycles. The van der Waals surface area contributed by atoms with E-state index in [0.717, 1.165) is 10.7 Å². The van der Waals surface area contributed by atoms with Crippen LogP contribution in [-0.4, -0.2) is 10.1 Å². The molecule has 0 aliphatic rings. The summed E-state index contributed by atoms with van der Waals surface area (Å²) in [6.07, 6.45) is 1.71. The van der Waals surface area contributed by atoms with Gasteiger partial charge in [-0.3, -0.25) is 4.98 Å². The molecule has 0 spiro atoms. The Bertz CT molecular complexity index is 487. The Hall–Kier alpha value is -1.26. The van der Waals surface area contributed by atoms with Crippen LogP contribution in [0, 0.1) is 5.82 Å². The molecule has 0 bridgehead atoms. The summed E-state index contributed by atoms with van der Waals surface area (Å²) in [5.41, 5.74) is 1.15. The molecule has 0 fully saturated rings. The van der Waals surface area contributed by atoms with Crippen molar-refractivity contribution in [2.45, 2.75) is 6.10 Å². The molecule has 16 heavy (non-hydrogen) atoms. The van der Waals surface area contributed by atoms with E-state index in [2.05, 4.69) is 20.9 Å². The predicted molar refractivity (Wildman–Crippen MR) is 62.4 cm³/mol. The van der Waals surface area contributed by atoms with Crippen molar-refractivity contribution in [2.75, 3.05) is 0 Å². The van der Waals surface area contributed by atoms with Crippen molar-refractivity contribution in [1.29, 1.82) is 0 Å². The minimum Gasteiger partial charge on any atom is -0.384 e. The molecule has 82 valence electrons. The highest BCUT2D eigenvalue weighted by atomic mass is 79.9. The van der Waals surface area contributed by atoms with Crippen molar-refractivity contribution < 1.29 is 9.50 Å². The van der Waals surface area contributed by atoms with E-state index >= 15 is 0 Å². The number of hydrogen-bond acceptors (Lipinski definition) is 2. The molecule has 0 aliphatic carbocycles. The maximum absolute atomic E-state index is 12.9. The number of pyridine rings is 1. The number of halogens is 2. The summed E-state index contributed by atoms with van der Waals surface area (Å²) in [6.45, 7) is 0. The van der Waals surface area contributed by atoms with Crippen LogP contribution in [0.5, 0.6) is 0 Å². The zero-order chi connectivity index (χ0) is 11.5. The lowest BCUT2D eigenvalue weighted by Crippen LogP contribution is -2.00. The van der Waals surface area contributed by atoms with E-state index in [-0.39, 0.29) is 0 Å². The summed E-state index contributed by atoms with van der Waals surface area (Å²) in [6, 6.07) is 8.48. The summed E-state index contributed by atoms with van der Waals surface area (Å²) in [5.74, 6) is -0.450. The van der Waals surface area contributed by atoms with Gasteiger partial charge in [-0.15, -0.1) is 0 Å². The Labute approximate surface area is 101 Å². The number of aliphatic hydroxyl groups is 1. The van der Waals surface area contributed by atoms with Crippen molar-refractivity contribution in [2.24, 2.45) is 0 Å². The second kappa shape index (κ2) is 4.72. The van der Waals surface area contributed by atoms with Gasteiger partial charge in [0.25, 0.3) is 0 Å². The van der Waals surface area contributed by atoms with Crippen LogP contribution in [0.1, 0.15) is 17.2 Å². The Kier molecular flexibility index (Phi) is 3.31. The molecule has 0 radical (unpaired) electrons. The standard InChI is InChI=1S/C12H9BrFNO/c13-10-3-1-8(2-4-10)12(16)9-5-11(14)7-15-6-9/h1-7,12,16H. The molecule has 1 heterocycles. The molecular formula is C12H9BrFNO. The Morgan fingerprint density at radius 1 is 1.12 bits per heavy atom. The molecule has 2 aromatic rings. The second-order valence-electron chi connectivity index (χ2n) is 3.39. The number of benzene rings is 1. The molecule has 1 unspecified atom stereocenters. The van der Waals surface area contributed by atoms with Crippen molar-refractivity contribution in [1.82, 2.24) is 4.98 Å². The van der Waals surface area contributed by atoms with Gasteiger partial charge in [0.15, 0.2) is 0 Å². The van der Waals surface area contributed by atoms with Gasteiger partial charge in [-0.1, -0.05) is 28.1 Å². The Morgan fingerprint density at radius 3 is 2.44 bits per heavy atom. The van der Waals surface area contributed by atoms with E-state index in [4.69, 9.17) is 0 Å². The van der Waals surface area contributed by atoms with E-state index in [0.29, 0.717) is 11.1 Å². The number of rotatable bonds is 2. The van der Waals surface area contributed by atoms with Crippen molar-refractivity contribution >= 4 is 15.9 Å². The smallest absolute Gasteiger partial charge is 0.141 e. The van der Waals surface area contributed by atoms with Crippen molar-refractivity contribution in [3.05, 3.63) is 64.1 Å². The number of aromatic nitrogens is 1. The lowest BCUT2D eigenvalue weighted by atomic mass is 10.0. The van der Waals surface area contributed by atoms with Crippen LogP contribution >= 0.6 is 15.9 Å². The molecular weight excluding hydrogens is 273 g/mol. The van der Waals surface area contributed by atoms with E-state index in [9.17, 15) is 9.50 Å². The van der Waals surface area contributed by atoms with Crippen LogP contribution in [-0.2, 0) is 0 Å². The van der Waals surface area contributed by atoms with Gasteiger partial charge in [0.1, 0.15) is 11.9 Å². The third-order valence-electron chi connectivity index (χ3n) is 2.23. The van der Waals surface area contributed by atoms with Crippen LogP contribution in [0.2, 0.25) is 0 Å². The first-order chi connectivity index (χ1) is 7.66. The maximum atomic E-state index is 12.9. The Morgan fingerprint density at radius 2 is 1.81 bits per heavy atom. The van der Waals surface area contributed by atoms with Crippen LogP contribution < -0.4 is 0 Å². The van der Waals surface area contributed by atoms with Gasteiger partial charge in [-0.25, -0.2) is 4.39 Å². The lowest BCUT2D eigenvalue weighted by molar-refractivity contribution is 0.219. The molecule has 1 aromatic carbocycles. The molecule has 4 heteroatoms. The lowest BCUT2D eigenvalue weighted by Gasteiger charge is -2.10. The van der Waals surface area contributed by atoms with Gasteiger partial charge in [0.2, 0.25) is 0 Å². The van der Waals surface area contributed by atoms with Crippen LogP contribution in [0.3, 0.4) is 0 Å². The van der Waals surface area contributed by atoms with Gasteiger partial charge in [-0.05, 0) is 23.8 Å². The summed E-state index contributed by atoms with van der Waals surface area (Å²) >= 11 is 3.31. The molecule has 2 rings (SSSR count). The molecule has 1 atom stereocenters. The van der Waals surface area contributed by atoms with Crippen LogP contribution in [0.4, 0.5) is 4.39 Å². The topological polar surface area (TPSA) is 33.1 Å². The van der Waals surface area contributed by atoms with Gasteiger partial charge >= 0.3 is 0 Å². The third kappa shape index (κ3) is 2.46. The van der Waals surface area contributed by atoms with Crippen LogP contribution in [0.15, 0.2) is 47.2 Å². The molecule has 1 aromatic heterocycles. The molecule has 1 N–H and O–H groups in total. The number of aliphatic hydroxyl groups excluding tert-OH is 1. The van der Waals surface area contributed by atoms with E-state index in [1.807, 2.05) is 12.1 Å². The number of nitrogens with zero attached hydrogens (tertiary/aromatic N) is 1. The molecule has 0 saturated heterocycles. The highest BCUT2D eigenvalue weighted by Gasteiger charge is 2.11. The van der Waals surface area contributed by atoms with Crippen molar-refractivity contribution in [3.8, 4) is 0 Å². The minimum absolute atomic E-state index is 0.447. The second-order valence-corrected chi connectivity index (χ2v) is 4.31. The fourth-order valence-electron chi connectivity index (χ4n) is 1.42. The molecule has 0 saturated carbocycles. The molecule has 0 amide bonds. The minimum atomic E-state index is -0.851. The number of hydrogen-bond donors (Lipinski definition) is 1. The first-order valence-electron chi connectivity index (χ1n) is 4.71. The fraction of sp³-hybridized carbons (Fsp3) is 0.0833. The van der Waals surface area contributed by atoms with Gasteiger partial charge in [0.05, 0.1) is 6.20 Å². The monoisotopic (exact) mass is 281 g/mol. The normalized spacial score (nSPS) is 12.4. The predicted octanol–water partition coefficient (Wildman–Crippen LogP) is 3.06. The zero-order valence-corrected chi connectivity index (χ0v) is 9.86. The van der Waals surface area contributed by atoms with Crippen molar-refractivity contribution in [3.63, 3.8) is 0 Å². The first-order valence-corrected chi connectivity index (χ1v) is 5.50. The average molecular weight is 282 g/mol. The third-order valence-corrected chi connectivity index (χ3v) is 2.76. The molecule has 2 nitrogen and oxygen atoms in total. The van der Waals surface area contributed by atoms with Crippen LogP contribution in [0.25, 0.3) is 0 Å². The SMILES string of the molecule is OC(c1ccc(Br)cc1)c1cncc(F)c1. The summed E-state index contributed by atoms with van der Waals surface area (Å²) in [4.78, 5) is 3.70. The Balaban J connectivity index is 2.31. The summed E-state index contributed by atoms with van der Waals surface area (Å²) < 4.78 is 13.9. The average Bonchev–Trinajstić information content (AvgIpc) is 2.29. The highest BCUT2D eigenvalue weighted by molar-refractivity contribution is 9.10. The van der Waals surface area contributed by atoms with Gasteiger partial charge < -0.3 is 5.11 Å². The summed E-state index contributed by atoms with van der Waals surface area (Å²) in [5, 5.41) is 9.99. The quantitative estimate of drug-likeness (QED) is 0.918. The van der Waals surface area contributed by atoms with Gasteiger partial charge in [0, 0.05) is 16.2 Å². The fourth-order valence-corrected chi connectivity index (χ4v) is 1.68. The van der Waals surface area contributed by atoms with E-state index in [1.54, 1.807) is 12.1 Å². The summed E-state index contributed by atoms with van der Waals surface area (Å²) in [7, 11) is 0. The maximum Gasteiger partial charge on any atom is 0.141 e. The van der Waals surface area contributed by atoms with E-state index in [1.165, 1.54) is 12.3 Å². The first kappa shape index (κ1) is 11.2.